The van der Waals surface area contributed by atoms with Gasteiger partial charge in [0.05, 0.1) is 18.4 Å². The Morgan fingerprint density at radius 2 is 1.82 bits per heavy atom. The zero-order valence-electron chi connectivity index (χ0n) is 22.1. The molecule has 8 nitrogen and oxygen atoms in total. The first-order chi connectivity index (χ1) is 18.5. The number of aryl methyl sites for hydroxylation is 2. The van der Waals surface area contributed by atoms with E-state index in [1.807, 2.05) is 29.2 Å². The number of carboxylic acid groups (broad SMARTS) is 1. The number of carbonyl (C=O) groups excluding carboxylic acids is 2. The fraction of sp³-hybridized carbons (Fsp3) is 0.533. The number of hydrogen-bond donors (Lipinski definition) is 3. The van der Waals surface area contributed by atoms with Crippen LogP contribution in [0.3, 0.4) is 0 Å². The highest BCUT2D eigenvalue weighted by Gasteiger charge is 2.30. The van der Waals surface area contributed by atoms with Gasteiger partial charge >= 0.3 is 5.97 Å². The van der Waals surface area contributed by atoms with Crippen LogP contribution < -0.4 is 10.6 Å². The van der Waals surface area contributed by atoms with E-state index in [2.05, 4.69) is 27.8 Å². The molecule has 2 aliphatic heterocycles. The van der Waals surface area contributed by atoms with E-state index < -0.39 is 12.0 Å². The Morgan fingerprint density at radius 1 is 1.05 bits per heavy atom. The molecule has 3 N–H and O–H groups in total. The summed E-state index contributed by atoms with van der Waals surface area (Å²) < 4.78 is 0. The number of nitrogens with one attached hydrogen (secondary N) is 2. The summed E-state index contributed by atoms with van der Waals surface area (Å²) in [5.74, 6) is -0.793. The molecule has 1 aromatic carbocycles. The Hall–Kier alpha value is -3.26. The molecular weight excluding hydrogens is 480 g/mol. The maximum absolute atomic E-state index is 13.3. The van der Waals surface area contributed by atoms with Crippen molar-refractivity contribution in [3.05, 3.63) is 65.5 Å². The number of likely N-dealkylation sites (tertiary alicyclic amines) is 1. The van der Waals surface area contributed by atoms with Gasteiger partial charge in [-0.25, -0.2) is 0 Å². The lowest BCUT2D eigenvalue weighted by atomic mass is 9.92. The molecule has 0 bridgehead atoms. The van der Waals surface area contributed by atoms with E-state index >= 15 is 0 Å². The van der Waals surface area contributed by atoms with Gasteiger partial charge in [-0.3, -0.25) is 19.4 Å². The van der Waals surface area contributed by atoms with E-state index in [1.165, 1.54) is 5.56 Å². The topological polar surface area (TPSA) is 112 Å². The van der Waals surface area contributed by atoms with Crippen LogP contribution in [0.4, 0.5) is 0 Å². The van der Waals surface area contributed by atoms with Crippen LogP contribution in [0.15, 0.2) is 48.8 Å². The number of rotatable bonds is 11. The van der Waals surface area contributed by atoms with E-state index in [9.17, 15) is 19.5 Å². The minimum Gasteiger partial charge on any atom is -0.481 e. The van der Waals surface area contributed by atoms with Gasteiger partial charge < -0.3 is 20.6 Å². The lowest BCUT2D eigenvalue weighted by Crippen LogP contribution is -2.46. The van der Waals surface area contributed by atoms with Crippen molar-refractivity contribution in [2.45, 2.75) is 63.8 Å². The van der Waals surface area contributed by atoms with Gasteiger partial charge in [0, 0.05) is 31.9 Å². The molecule has 2 fully saturated rings. The van der Waals surface area contributed by atoms with Gasteiger partial charge in [0.15, 0.2) is 0 Å². The summed E-state index contributed by atoms with van der Waals surface area (Å²) in [6, 6.07) is 11.4. The average molecular weight is 521 g/mol. The molecular formula is C30H40N4O4. The third kappa shape index (κ3) is 8.38. The molecule has 0 unspecified atom stereocenters. The lowest BCUT2D eigenvalue weighted by Gasteiger charge is -2.33. The van der Waals surface area contributed by atoms with Crippen LogP contribution in [0.1, 0.15) is 67.7 Å². The first kappa shape index (κ1) is 27.8. The van der Waals surface area contributed by atoms with E-state index in [0.29, 0.717) is 37.4 Å². The summed E-state index contributed by atoms with van der Waals surface area (Å²) in [6.07, 6.45) is 9.97. The van der Waals surface area contributed by atoms with Crippen LogP contribution in [0.2, 0.25) is 0 Å². The van der Waals surface area contributed by atoms with E-state index in [0.717, 1.165) is 57.2 Å². The number of aliphatic carboxylic acids is 1. The summed E-state index contributed by atoms with van der Waals surface area (Å²) in [5, 5.41) is 15.9. The van der Waals surface area contributed by atoms with Crippen molar-refractivity contribution in [1.29, 1.82) is 0 Å². The predicted molar refractivity (Wildman–Crippen MR) is 145 cm³/mol. The number of amides is 2. The second-order valence-corrected chi connectivity index (χ2v) is 10.7. The molecule has 1 aromatic heterocycles. The number of nitrogens with zero attached hydrogens (tertiary/aromatic N) is 2. The number of aromatic nitrogens is 1. The maximum Gasteiger partial charge on any atom is 0.305 e. The number of hydrogen-bond acceptors (Lipinski definition) is 5. The largest absolute Gasteiger partial charge is 0.481 e. The third-order valence-electron chi connectivity index (χ3n) is 7.83. The SMILES string of the molecule is O=C(O)C[C@H](NC(=O)[C@@H]1CCCN(C(=O)CCC2CCNCC2)C1)c1cncc(CCc2ccccc2)c1. The zero-order chi connectivity index (χ0) is 26.7. The Labute approximate surface area is 225 Å². The van der Waals surface area contributed by atoms with Crippen LogP contribution >= 0.6 is 0 Å². The van der Waals surface area contributed by atoms with Gasteiger partial charge in [-0.1, -0.05) is 36.4 Å². The normalized spacial score (nSPS) is 19.1. The first-order valence-electron chi connectivity index (χ1n) is 14.0. The van der Waals surface area contributed by atoms with Crippen molar-refractivity contribution in [3.8, 4) is 0 Å². The van der Waals surface area contributed by atoms with Crippen molar-refractivity contribution in [1.82, 2.24) is 20.5 Å². The molecule has 8 heteroatoms. The minimum absolute atomic E-state index is 0.124. The number of carboxylic acids is 1. The van der Waals surface area contributed by atoms with Crippen molar-refractivity contribution in [3.63, 3.8) is 0 Å². The van der Waals surface area contributed by atoms with Crippen molar-refractivity contribution in [2.24, 2.45) is 11.8 Å². The number of carbonyl (C=O) groups is 3. The summed E-state index contributed by atoms with van der Waals surface area (Å²) in [7, 11) is 0. The van der Waals surface area contributed by atoms with Crippen LogP contribution in [0, 0.1) is 11.8 Å². The highest BCUT2D eigenvalue weighted by atomic mass is 16.4. The number of pyridine rings is 1. The maximum atomic E-state index is 13.3. The lowest BCUT2D eigenvalue weighted by molar-refractivity contribution is -0.138. The molecule has 2 saturated heterocycles. The smallest absolute Gasteiger partial charge is 0.305 e. The number of piperidine rings is 2. The van der Waals surface area contributed by atoms with Crippen molar-refractivity contribution < 1.29 is 19.5 Å². The van der Waals surface area contributed by atoms with Crippen molar-refractivity contribution in [2.75, 3.05) is 26.2 Å². The minimum atomic E-state index is -0.983. The summed E-state index contributed by atoms with van der Waals surface area (Å²) >= 11 is 0. The van der Waals surface area contributed by atoms with E-state index in [-0.39, 0.29) is 24.2 Å². The van der Waals surface area contributed by atoms with Gasteiger partial charge in [-0.2, -0.15) is 0 Å². The van der Waals surface area contributed by atoms with E-state index in [1.54, 1.807) is 12.4 Å². The molecule has 2 amide bonds. The zero-order valence-corrected chi connectivity index (χ0v) is 22.1. The van der Waals surface area contributed by atoms with Gasteiger partial charge in [0.25, 0.3) is 0 Å². The van der Waals surface area contributed by atoms with Crippen LogP contribution in [-0.2, 0) is 27.2 Å². The monoisotopic (exact) mass is 520 g/mol. The number of benzene rings is 1. The highest BCUT2D eigenvalue weighted by molar-refractivity contribution is 5.82. The fourth-order valence-electron chi connectivity index (χ4n) is 5.56. The van der Waals surface area contributed by atoms with Crippen molar-refractivity contribution >= 4 is 17.8 Å². The molecule has 0 radical (unpaired) electrons. The molecule has 2 atom stereocenters. The van der Waals surface area contributed by atoms with E-state index in [4.69, 9.17) is 0 Å². The van der Waals surface area contributed by atoms with Gasteiger partial charge in [-0.05, 0) is 80.6 Å². The van der Waals surface area contributed by atoms with Crippen LogP contribution in [0.5, 0.6) is 0 Å². The molecule has 0 spiro atoms. The average Bonchev–Trinajstić information content (AvgIpc) is 2.95. The second kappa shape index (κ2) is 14.0. The molecule has 2 aromatic rings. The first-order valence-corrected chi connectivity index (χ1v) is 14.0. The van der Waals surface area contributed by atoms with Crippen LogP contribution in [-0.4, -0.2) is 59.0 Å². The predicted octanol–water partition coefficient (Wildman–Crippen LogP) is 3.52. The Balaban J connectivity index is 1.34. The molecule has 0 saturated carbocycles. The Morgan fingerprint density at radius 3 is 2.58 bits per heavy atom. The summed E-state index contributed by atoms with van der Waals surface area (Å²) in [6.45, 7) is 3.12. The second-order valence-electron chi connectivity index (χ2n) is 10.7. The molecule has 4 rings (SSSR count). The Kier molecular flexibility index (Phi) is 10.3. The van der Waals surface area contributed by atoms with Crippen LogP contribution in [0.25, 0.3) is 0 Å². The third-order valence-corrected chi connectivity index (χ3v) is 7.83. The fourth-order valence-corrected chi connectivity index (χ4v) is 5.56. The van der Waals surface area contributed by atoms with Gasteiger partial charge in [0.2, 0.25) is 11.8 Å². The van der Waals surface area contributed by atoms with Gasteiger partial charge in [0.1, 0.15) is 0 Å². The molecule has 2 aliphatic rings. The molecule has 0 aliphatic carbocycles. The molecule has 3 heterocycles. The summed E-state index contributed by atoms with van der Waals surface area (Å²) in [5.41, 5.74) is 2.91. The highest BCUT2D eigenvalue weighted by Crippen LogP contribution is 2.24. The summed E-state index contributed by atoms with van der Waals surface area (Å²) in [4.78, 5) is 44.0. The van der Waals surface area contributed by atoms with Gasteiger partial charge in [-0.15, -0.1) is 0 Å². The Bertz CT molecular complexity index is 1070. The molecule has 204 valence electrons. The standard InChI is InChI=1S/C30H40N4O4/c35-28(11-10-23-12-14-31-15-13-23)34-16-4-7-25(21-34)30(38)33-27(18-29(36)37)26-17-24(19-32-20-26)9-8-22-5-2-1-3-6-22/h1-3,5-6,17,19-20,23,25,27,31H,4,7-16,18,21H2,(H,33,38)(H,36,37)/t25-,27+/m1/s1. The molecule has 38 heavy (non-hydrogen) atoms. The quantitative estimate of drug-likeness (QED) is 0.418.